The lowest BCUT2D eigenvalue weighted by atomic mass is 10.3. The Hall–Kier alpha value is -1.33. The van der Waals surface area contributed by atoms with Gasteiger partial charge in [-0.3, -0.25) is 0 Å². The lowest BCUT2D eigenvalue weighted by molar-refractivity contribution is -0.141. The molecule has 1 heterocycles. The Kier molecular flexibility index (Phi) is 3.26. The minimum atomic E-state index is -0.494. The second-order valence-electron chi connectivity index (χ2n) is 3.22. The van der Waals surface area contributed by atoms with Gasteiger partial charge in [0, 0.05) is 6.54 Å². The molecule has 0 spiro atoms. The zero-order valence-corrected chi connectivity index (χ0v) is 9.94. The highest BCUT2D eigenvalue weighted by molar-refractivity contribution is 9.11. The van der Waals surface area contributed by atoms with E-state index in [1.54, 1.807) is 12.1 Å². The molecule has 2 N–H and O–H groups in total. The molecule has 0 saturated carbocycles. The third kappa shape index (κ3) is 2.10. The van der Waals surface area contributed by atoms with Crippen LogP contribution in [-0.2, 0) is 9.53 Å². The number of para-hydroxylation sites is 1. The number of cyclic esters (lactones) is 1. The summed E-state index contributed by atoms with van der Waals surface area (Å²) in [5.74, 6) is 0.261. The summed E-state index contributed by atoms with van der Waals surface area (Å²) in [5, 5.41) is 0. The molecule has 1 unspecified atom stereocenters. The third-order valence-electron chi connectivity index (χ3n) is 2.11. The van der Waals surface area contributed by atoms with Crippen LogP contribution in [0, 0.1) is 0 Å². The topological polar surface area (TPSA) is 61.5 Å². The zero-order chi connectivity index (χ0) is 11.5. The summed E-state index contributed by atoms with van der Waals surface area (Å²) in [4.78, 5) is 11.5. The molecule has 1 atom stereocenters. The molecule has 1 aromatic rings. The van der Waals surface area contributed by atoms with Gasteiger partial charge in [0.25, 0.3) is 0 Å². The number of hydrogen-bond donors (Lipinski definition) is 1. The highest BCUT2D eigenvalue weighted by Gasteiger charge is 2.33. The maximum Gasteiger partial charge on any atom is 0.375 e. The van der Waals surface area contributed by atoms with Crippen molar-refractivity contribution in [3.05, 3.63) is 40.6 Å². The zero-order valence-electron chi connectivity index (χ0n) is 8.35. The van der Waals surface area contributed by atoms with Crippen LogP contribution in [0.15, 0.2) is 40.6 Å². The standard InChI is InChI=1S/C11H10BrNO3/c12-9-8(6-13)16-11(14)10(9)15-7-4-2-1-3-5-7/h1-5,8H,6,13H2. The van der Waals surface area contributed by atoms with E-state index >= 15 is 0 Å². The van der Waals surface area contributed by atoms with Crippen LogP contribution in [-0.4, -0.2) is 18.6 Å². The van der Waals surface area contributed by atoms with Crippen molar-refractivity contribution >= 4 is 21.9 Å². The summed E-state index contributed by atoms with van der Waals surface area (Å²) in [6.07, 6.45) is -0.439. The van der Waals surface area contributed by atoms with Crippen LogP contribution in [0.5, 0.6) is 5.75 Å². The Morgan fingerprint density at radius 1 is 1.38 bits per heavy atom. The minimum Gasteiger partial charge on any atom is -0.450 e. The first-order chi connectivity index (χ1) is 7.72. The lowest BCUT2D eigenvalue weighted by Crippen LogP contribution is -2.21. The van der Waals surface area contributed by atoms with Crippen LogP contribution in [0.4, 0.5) is 0 Å². The van der Waals surface area contributed by atoms with E-state index < -0.39 is 12.1 Å². The predicted molar refractivity (Wildman–Crippen MR) is 62.0 cm³/mol. The van der Waals surface area contributed by atoms with Crippen molar-refractivity contribution in [2.24, 2.45) is 5.73 Å². The number of benzene rings is 1. The molecule has 0 fully saturated rings. The van der Waals surface area contributed by atoms with Gasteiger partial charge in [-0.15, -0.1) is 0 Å². The largest absolute Gasteiger partial charge is 0.450 e. The first kappa shape index (κ1) is 11.2. The van der Waals surface area contributed by atoms with Gasteiger partial charge in [0.15, 0.2) is 0 Å². The number of rotatable bonds is 3. The van der Waals surface area contributed by atoms with Gasteiger partial charge in [-0.2, -0.15) is 0 Å². The van der Waals surface area contributed by atoms with Crippen molar-refractivity contribution in [2.45, 2.75) is 6.10 Å². The Labute approximate surface area is 101 Å². The summed E-state index contributed by atoms with van der Waals surface area (Å²) in [7, 11) is 0. The summed E-state index contributed by atoms with van der Waals surface area (Å²) < 4.78 is 11.0. The highest BCUT2D eigenvalue weighted by Crippen LogP contribution is 2.29. The van der Waals surface area contributed by atoms with Gasteiger partial charge >= 0.3 is 5.97 Å². The molecule has 1 aliphatic heterocycles. The number of carbonyl (C=O) groups excluding carboxylic acids is 1. The minimum absolute atomic E-state index is 0.168. The Bertz CT molecular complexity index is 430. The molecule has 1 aliphatic rings. The van der Waals surface area contributed by atoms with E-state index in [9.17, 15) is 4.79 Å². The first-order valence-corrected chi connectivity index (χ1v) is 5.55. The molecular weight excluding hydrogens is 274 g/mol. The molecule has 84 valence electrons. The maximum atomic E-state index is 11.5. The van der Waals surface area contributed by atoms with Crippen LogP contribution in [0.1, 0.15) is 0 Å². The molecule has 2 rings (SSSR count). The molecule has 5 heteroatoms. The van der Waals surface area contributed by atoms with Gasteiger partial charge in [0.1, 0.15) is 11.9 Å². The van der Waals surface area contributed by atoms with E-state index in [0.29, 0.717) is 10.2 Å². The smallest absolute Gasteiger partial charge is 0.375 e. The van der Waals surface area contributed by atoms with Gasteiger partial charge in [-0.25, -0.2) is 4.79 Å². The molecule has 0 aromatic heterocycles. The summed E-state index contributed by atoms with van der Waals surface area (Å²) in [6, 6.07) is 9.04. The molecule has 0 saturated heterocycles. The molecule has 0 bridgehead atoms. The Balaban J connectivity index is 2.21. The summed E-state index contributed by atoms with van der Waals surface area (Å²) in [6.45, 7) is 0.230. The van der Waals surface area contributed by atoms with Crippen molar-refractivity contribution in [1.29, 1.82) is 0 Å². The van der Waals surface area contributed by atoms with E-state index in [-0.39, 0.29) is 12.3 Å². The van der Waals surface area contributed by atoms with E-state index in [0.717, 1.165) is 0 Å². The number of esters is 1. The first-order valence-electron chi connectivity index (χ1n) is 4.76. The molecule has 4 nitrogen and oxygen atoms in total. The molecule has 16 heavy (non-hydrogen) atoms. The van der Waals surface area contributed by atoms with E-state index in [1.807, 2.05) is 18.2 Å². The fourth-order valence-electron chi connectivity index (χ4n) is 1.33. The van der Waals surface area contributed by atoms with Crippen LogP contribution in [0.2, 0.25) is 0 Å². The fourth-order valence-corrected chi connectivity index (χ4v) is 1.85. The summed E-state index contributed by atoms with van der Waals surface area (Å²) >= 11 is 3.26. The van der Waals surface area contributed by atoms with E-state index in [4.69, 9.17) is 15.2 Å². The summed E-state index contributed by atoms with van der Waals surface area (Å²) in [5.41, 5.74) is 5.45. The van der Waals surface area contributed by atoms with Crippen LogP contribution >= 0.6 is 15.9 Å². The van der Waals surface area contributed by atoms with Gasteiger partial charge in [0.2, 0.25) is 5.76 Å². The van der Waals surface area contributed by atoms with Gasteiger partial charge in [-0.05, 0) is 28.1 Å². The average molecular weight is 284 g/mol. The number of halogens is 1. The third-order valence-corrected chi connectivity index (χ3v) is 2.98. The molecule has 0 radical (unpaired) electrons. The molecular formula is C11H10BrNO3. The average Bonchev–Trinajstić information content (AvgIpc) is 2.58. The number of ether oxygens (including phenoxy) is 2. The molecule has 0 amide bonds. The van der Waals surface area contributed by atoms with E-state index in [1.165, 1.54) is 0 Å². The van der Waals surface area contributed by atoms with Crippen molar-refractivity contribution in [1.82, 2.24) is 0 Å². The van der Waals surface area contributed by atoms with Crippen LogP contribution in [0.25, 0.3) is 0 Å². The highest BCUT2D eigenvalue weighted by atomic mass is 79.9. The predicted octanol–water partition coefficient (Wildman–Crippen LogP) is 1.56. The Morgan fingerprint density at radius 3 is 2.62 bits per heavy atom. The van der Waals surface area contributed by atoms with Gasteiger partial charge in [-0.1, -0.05) is 18.2 Å². The van der Waals surface area contributed by atoms with Crippen molar-refractivity contribution in [3.63, 3.8) is 0 Å². The normalized spacial score (nSPS) is 19.9. The maximum absolute atomic E-state index is 11.5. The second kappa shape index (κ2) is 4.67. The lowest BCUT2D eigenvalue weighted by Gasteiger charge is -2.04. The van der Waals surface area contributed by atoms with Crippen molar-refractivity contribution in [2.75, 3.05) is 6.54 Å². The molecule has 1 aromatic carbocycles. The number of carbonyl (C=O) groups is 1. The second-order valence-corrected chi connectivity index (χ2v) is 4.08. The van der Waals surface area contributed by atoms with Crippen LogP contribution < -0.4 is 10.5 Å². The van der Waals surface area contributed by atoms with Crippen LogP contribution in [0.3, 0.4) is 0 Å². The van der Waals surface area contributed by atoms with Gasteiger partial charge < -0.3 is 15.2 Å². The SMILES string of the molecule is NCC1OC(=O)C(Oc2ccccc2)=C1Br. The monoisotopic (exact) mass is 283 g/mol. The number of hydrogen-bond acceptors (Lipinski definition) is 4. The molecule has 0 aliphatic carbocycles. The fraction of sp³-hybridized carbons (Fsp3) is 0.182. The quantitative estimate of drug-likeness (QED) is 0.856. The van der Waals surface area contributed by atoms with Crippen molar-refractivity contribution in [3.8, 4) is 5.75 Å². The van der Waals surface area contributed by atoms with Gasteiger partial charge in [0.05, 0.1) is 4.48 Å². The Morgan fingerprint density at radius 2 is 2.06 bits per heavy atom. The number of nitrogens with two attached hydrogens (primary N) is 1. The van der Waals surface area contributed by atoms with Crippen molar-refractivity contribution < 1.29 is 14.3 Å². The van der Waals surface area contributed by atoms with E-state index in [2.05, 4.69) is 15.9 Å².